The van der Waals surface area contributed by atoms with E-state index < -0.39 is 6.10 Å². The van der Waals surface area contributed by atoms with E-state index in [9.17, 15) is 4.79 Å². The van der Waals surface area contributed by atoms with Crippen LogP contribution in [0, 0.1) is 13.8 Å². The summed E-state index contributed by atoms with van der Waals surface area (Å²) < 4.78 is 8.17. The molecule has 4 heteroatoms. The molecular weight excluding hydrogens is 360 g/mol. The van der Waals surface area contributed by atoms with Crippen LogP contribution in [0.25, 0.3) is 21.8 Å². The van der Waals surface area contributed by atoms with Crippen molar-refractivity contribution in [1.82, 2.24) is 4.57 Å². The van der Waals surface area contributed by atoms with Crippen molar-refractivity contribution >= 4 is 33.4 Å². The van der Waals surface area contributed by atoms with Crippen molar-refractivity contribution in [2.24, 2.45) is 0 Å². The second-order valence-electron chi connectivity index (χ2n) is 7.57. The largest absolute Gasteiger partial charge is 0.481 e. The number of benzene rings is 3. The van der Waals surface area contributed by atoms with E-state index in [4.69, 9.17) is 4.74 Å². The van der Waals surface area contributed by atoms with Gasteiger partial charge in [-0.05, 0) is 75.2 Å². The van der Waals surface area contributed by atoms with Gasteiger partial charge >= 0.3 is 0 Å². The monoisotopic (exact) mass is 386 g/mol. The van der Waals surface area contributed by atoms with Crippen LogP contribution in [0.1, 0.15) is 25.0 Å². The van der Waals surface area contributed by atoms with Gasteiger partial charge < -0.3 is 14.6 Å². The highest BCUT2D eigenvalue weighted by molar-refractivity contribution is 6.10. The minimum atomic E-state index is -0.594. The van der Waals surface area contributed by atoms with Gasteiger partial charge in [0.15, 0.2) is 6.10 Å². The number of rotatable bonds is 5. The summed E-state index contributed by atoms with van der Waals surface area (Å²) in [7, 11) is 0. The van der Waals surface area contributed by atoms with E-state index in [1.807, 2.05) is 44.2 Å². The number of hydrogen-bond acceptors (Lipinski definition) is 2. The molecule has 0 fully saturated rings. The van der Waals surface area contributed by atoms with Crippen molar-refractivity contribution in [1.29, 1.82) is 0 Å². The molecule has 1 atom stereocenters. The number of aromatic nitrogens is 1. The maximum Gasteiger partial charge on any atom is 0.265 e. The van der Waals surface area contributed by atoms with Crippen LogP contribution in [-0.4, -0.2) is 16.6 Å². The molecule has 0 aliphatic heterocycles. The van der Waals surface area contributed by atoms with Gasteiger partial charge in [0.2, 0.25) is 0 Å². The van der Waals surface area contributed by atoms with Crippen molar-refractivity contribution in [3.63, 3.8) is 0 Å². The average molecular weight is 386 g/mol. The van der Waals surface area contributed by atoms with Crippen LogP contribution in [0.4, 0.5) is 5.69 Å². The molecule has 0 spiro atoms. The molecule has 0 radical (unpaired) electrons. The van der Waals surface area contributed by atoms with E-state index in [0.29, 0.717) is 5.75 Å². The highest BCUT2D eigenvalue weighted by Gasteiger charge is 2.16. The predicted molar refractivity (Wildman–Crippen MR) is 120 cm³/mol. The average Bonchev–Trinajstić information content (AvgIpc) is 3.00. The van der Waals surface area contributed by atoms with E-state index in [-0.39, 0.29) is 5.91 Å². The molecule has 29 heavy (non-hydrogen) atoms. The summed E-state index contributed by atoms with van der Waals surface area (Å²) in [6.07, 6.45) is -0.594. The van der Waals surface area contributed by atoms with Gasteiger partial charge in [0.05, 0.1) is 0 Å². The van der Waals surface area contributed by atoms with Crippen molar-refractivity contribution in [3.8, 4) is 5.75 Å². The molecule has 3 aromatic carbocycles. The summed E-state index contributed by atoms with van der Waals surface area (Å²) in [5.74, 6) is 0.550. The number of hydrogen-bond donors (Lipinski definition) is 1. The first-order valence-electron chi connectivity index (χ1n) is 10.0. The molecule has 1 aromatic heterocycles. The Morgan fingerprint density at radius 3 is 2.38 bits per heavy atom. The third-order valence-electron chi connectivity index (χ3n) is 5.23. The van der Waals surface area contributed by atoms with Gasteiger partial charge in [0.25, 0.3) is 5.91 Å². The molecule has 0 saturated carbocycles. The van der Waals surface area contributed by atoms with E-state index in [0.717, 1.165) is 28.7 Å². The van der Waals surface area contributed by atoms with Gasteiger partial charge in [-0.3, -0.25) is 4.79 Å². The number of anilines is 1. The Labute approximate surface area is 171 Å². The van der Waals surface area contributed by atoms with Gasteiger partial charge in [0.1, 0.15) is 5.75 Å². The SMILES string of the molecule is CCn1c2ccccc2c2cc(NC(=O)C(C)Oc3cc(C)cc(C)c3)ccc21. The van der Waals surface area contributed by atoms with Crippen LogP contribution in [0.3, 0.4) is 0 Å². The van der Waals surface area contributed by atoms with Gasteiger partial charge in [-0.2, -0.15) is 0 Å². The number of nitrogens with one attached hydrogen (secondary N) is 1. The highest BCUT2D eigenvalue weighted by atomic mass is 16.5. The molecule has 1 unspecified atom stereocenters. The fourth-order valence-corrected chi connectivity index (χ4v) is 3.97. The first-order valence-corrected chi connectivity index (χ1v) is 10.0. The van der Waals surface area contributed by atoms with Crippen LogP contribution in [0.2, 0.25) is 0 Å². The molecule has 1 amide bonds. The number of carbonyl (C=O) groups excluding carboxylic acids is 1. The number of carbonyl (C=O) groups is 1. The third kappa shape index (κ3) is 3.70. The quantitative estimate of drug-likeness (QED) is 0.468. The lowest BCUT2D eigenvalue weighted by Crippen LogP contribution is -2.30. The van der Waals surface area contributed by atoms with Crippen molar-refractivity contribution in [2.45, 2.75) is 40.3 Å². The normalized spacial score (nSPS) is 12.3. The minimum absolute atomic E-state index is 0.164. The minimum Gasteiger partial charge on any atom is -0.481 e. The Bertz CT molecular complexity index is 1190. The molecule has 1 N–H and O–H groups in total. The second-order valence-corrected chi connectivity index (χ2v) is 7.57. The zero-order valence-corrected chi connectivity index (χ0v) is 17.3. The van der Waals surface area contributed by atoms with Crippen LogP contribution in [0.5, 0.6) is 5.75 Å². The van der Waals surface area contributed by atoms with Gasteiger partial charge in [-0.1, -0.05) is 24.3 Å². The summed E-state index contributed by atoms with van der Waals surface area (Å²) in [5.41, 5.74) is 5.39. The lowest BCUT2D eigenvalue weighted by Gasteiger charge is -2.16. The molecule has 4 nitrogen and oxygen atoms in total. The molecule has 0 saturated heterocycles. The van der Waals surface area contributed by atoms with E-state index in [1.54, 1.807) is 6.92 Å². The van der Waals surface area contributed by atoms with E-state index in [1.165, 1.54) is 16.4 Å². The number of amides is 1. The Morgan fingerprint density at radius 1 is 0.966 bits per heavy atom. The molecule has 0 bridgehead atoms. The summed E-state index contributed by atoms with van der Waals surface area (Å²) >= 11 is 0. The first kappa shape index (κ1) is 19.1. The van der Waals surface area contributed by atoms with Gasteiger partial charge in [-0.15, -0.1) is 0 Å². The Hall–Kier alpha value is -3.27. The smallest absolute Gasteiger partial charge is 0.265 e. The molecule has 4 aromatic rings. The lowest BCUT2D eigenvalue weighted by molar-refractivity contribution is -0.122. The summed E-state index contributed by atoms with van der Waals surface area (Å²) in [6, 6.07) is 20.4. The van der Waals surface area contributed by atoms with Crippen LogP contribution < -0.4 is 10.1 Å². The van der Waals surface area contributed by atoms with Crippen molar-refractivity contribution in [2.75, 3.05) is 5.32 Å². The van der Waals surface area contributed by atoms with Crippen molar-refractivity contribution in [3.05, 3.63) is 71.8 Å². The zero-order chi connectivity index (χ0) is 20.5. The van der Waals surface area contributed by atoms with E-state index >= 15 is 0 Å². The molecule has 0 aliphatic rings. The number of aryl methyl sites for hydroxylation is 3. The second kappa shape index (κ2) is 7.63. The summed E-state index contributed by atoms with van der Waals surface area (Å²) in [5, 5.41) is 5.34. The third-order valence-corrected chi connectivity index (χ3v) is 5.23. The van der Waals surface area contributed by atoms with E-state index in [2.05, 4.69) is 47.1 Å². The van der Waals surface area contributed by atoms with Crippen LogP contribution >= 0.6 is 0 Å². The molecule has 0 aliphatic carbocycles. The number of para-hydroxylation sites is 1. The van der Waals surface area contributed by atoms with Crippen molar-refractivity contribution < 1.29 is 9.53 Å². The molecule has 1 heterocycles. The standard InChI is InChI=1S/C25H26N2O2/c1-5-27-23-9-7-6-8-21(23)22-15-19(10-11-24(22)27)26-25(28)18(4)29-20-13-16(2)12-17(3)14-20/h6-15,18H,5H2,1-4H3,(H,26,28). The molecular formula is C25H26N2O2. The van der Waals surface area contributed by atoms with Crippen LogP contribution in [-0.2, 0) is 11.3 Å². The Balaban J connectivity index is 1.58. The number of ether oxygens (including phenoxy) is 1. The fourth-order valence-electron chi connectivity index (χ4n) is 3.97. The Kier molecular flexibility index (Phi) is 5.01. The maximum atomic E-state index is 12.7. The fraction of sp³-hybridized carbons (Fsp3) is 0.240. The van der Waals surface area contributed by atoms with Gasteiger partial charge in [-0.25, -0.2) is 0 Å². The zero-order valence-electron chi connectivity index (χ0n) is 17.3. The van der Waals surface area contributed by atoms with Crippen LogP contribution in [0.15, 0.2) is 60.7 Å². The summed E-state index contributed by atoms with van der Waals surface area (Å²) in [4.78, 5) is 12.7. The molecule has 148 valence electrons. The Morgan fingerprint density at radius 2 is 1.66 bits per heavy atom. The van der Waals surface area contributed by atoms with Gasteiger partial charge in [0, 0.05) is 34.0 Å². The lowest BCUT2D eigenvalue weighted by atomic mass is 10.1. The topological polar surface area (TPSA) is 43.3 Å². The number of fused-ring (bicyclic) bond motifs is 3. The number of nitrogens with zero attached hydrogens (tertiary/aromatic N) is 1. The first-order chi connectivity index (χ1) is 14.0. The highest BCUT2D eigenvalue weighted by Crippen LogP contribution is 2.31. The summed E-state index contributed by atoms with van der Waals surface area (Å²) in [6.45, 7) is 8.86. The maximum absolute atomic E-state index is 12.7. The predicted octanol–water partition coefficient (Wildman–Crippen LogP) is 5.84. The molecule has 4 rings (SSSR count).